The number of aliphatic hydroxyl groups excluding tert-OH is 1. The molecule has 2 fully saturated rings. The third-order valence-electron chi connectivity index (χ3n) is 6.38. The Bertz CT molecular complexity index is 1490. The van der Waals surface area contributed by atoms with Gasteiger partial charge in [0.15, 0.2) is 11.9 Å². The average molecular weight is 550 g/mol. The monoisotopic (exact) mass is 549 g/mol. The van der Waals surface area contributed by atoms with E-state index in [-0.39, 0.29) is 31.1 Å². The molecule has 14 heteroatoms. The van der Waals surface area contributed by atoms with Crippen molar-refractivity contribution in [2.75, 3.05) is 38.5 Å². The van der Waals surface area contributed by atoms with E-state index in [2.05, 4.69) is 20.1 Å². The minimum Gasteiger partial charge on any atom is -0.483 e. The van der Waals surface area contributed by atoms with Gasteiger partial charge in [0.2, 0.25) is 0 Å². The number of nitrogens with one attached hydrogen (secondary N) is 2. The minimum atomic E-state index is -2.78. The van der Waals surface area contributed by atoms with Crippen LogP contribution in [0, 0.1) is 12.7 Å². The number of carbonyl (C=O) groups is 1. The van der Waals surface area contributed by atoms with Crippen molar-refractivity contribution in [3.05, 3.63) is 47.7 Å². The van der Waals surface area contributed by atoms with Crippen LogP contribution >= 0.6 is 0 Å². The highest BCUT2D eigenvalue weighted by molar-refractivity contribution is 7.99. The van der Waals surface area contributed by atoms with Crippen molar-refractivity contribution in [1.82, 2.24) is 19.3 Å². The summed E-state index contributed by atoms with van der Waals surface area (Å²) in [6.07, 6.45) is 1.97. The second-order valence-electron chi connectivity index (χ2n) is 9.11. The maximum Gasteiger partial charge on any atom is 0.264 e. The Labute approximate surface area is 218 Å². The Morgan fingerprint density at radius 2 is 2.13 bits per heavy atom. The lowest BCUT2D eigenvalue weighted by Crippen LogP contribution is -2.34. The van der Waals surface area contributed by atoms with Gasteiger partial charge in [0.1, 0.15) is 41.7 Å². The van der Waals surface area contributed by atoms with E-state index in [1.165, 1.54) is 54.0 Å². The summed E-state index contributed by atoms with van der Waals surface area (Å²) in [6.45, 7) is 2.16. The van der Waals surface area contributed by atoms with Crippen LogP contribution in [0.2, 0.25) is 0 Å². The number of hydrogen-bond donors (Lipinski definition) is 3. The van der Waals surface area contributed by atoms with Crippen molar-refractivity contribution < 1.29 is 37.4 Å². The van der Waals surface area contributed by atoms with Gasteiger partial charge in [0, 0.05) is 31.0 Å². The van der Waals surface area contributed by atoms with Crippen LogP contribution in [0.3, 0.4) is 0 Å². The van der Waals surface area contributed by atoms with Gasteiger partial charge >= 0.3 is 0 Å². The number of aryl methyl sites for hydroxylation is 1. The lowest BCUT2D eigenvalue weighted by atomic mass is 10.1. The molecule has 0 bridgehead atoms. The van der Waals surface area contributed by atoms with Crippen LogP contribution in [-0.4, -0.2) is 92.8 Å². The Hall–Kier alpha value is -3.30. The van der Waals surface area contributed by atoms with E-state index < -0.39 is 45.8 Å². The van der Waals surface area contributed by atoms with Crippen LogP contribution in [0.4, 0.5) is 15.9 Å². The lowest BCUT2D eigenvalue weighted by Gasteiger charge is -2.20. The summed E-state index contributed by atoms with van der Waals surface area (Å²) in [5.74, 6) is -0.515. The van der Waals surface area contributed by atoms with E-state index in [1.807, 2.05) is 0 Å². The smallest absolute Gasteiger partial charge is 0.264 e. The van der Waals surface area contributed by atoms with Gasteiger partial charge in [-0.2, -0.15) is 5.10 Å². The molecule has 1 amide bonds. The molecule has 204 valence electrons. The molecular formula is C24H28FN5O7S. The van der Waals surface area contributed by atoms with Crippen molar-refractivity contribution in [1.29, 1.82) is 0 Å². The molecule has 5 rings (SSSR count). The third kappa shape index (κ3) is 5.17. The van der Waals surface area contributed by atoms with Crippen LogP contribution in [0.25, 0.3) is 5.52 Å². The van der Waals surface area contributed by atoms with E-state index in [9.17, 15) is 18.5 Å². The Morgan fingerprint density at radius 1 is 1.34 bits per heavy atom. The number of ether oxygens (including phenoxy) is 4. The first kappa shape index (κ1) is 26.3. The van der Waals surface area contributed by atoms with Crippen molar-refractivity contribution in [2.45, 2.75) is 31.3 Å². The van der Waals surface area contributed by atoms with Gasteiger partial charge in [-0.25, -0.2) is 18.1 Å². The van der Waals surface area contributed by atoms with E-state index in [1.54, 1.807) is 6.92 Å². The van der Waals surface area contributed by atoms with E-state index in [4.69, 9.17) is 18.9 Å². The lowest BCUT2D eigenvalue weighted by molar-refractivity contribution is 0.00871. The van der Waals surface area contributed by atoms with Crippen molar-refractivity contribution in [3.8, 4) is 5.75 Å². The Kier molecular flexibility index (Phi) is 7.24. The predicted molar refractivity (Wildman–Crippen MR) is 137 cm³/mol. The maximum absolute atomic E-state index is 14.2. The van der Waals surface area contributed by atoms with Gasteiger partial charge in [-0.15, -0.1) is 0 Å². The van der Waals surface area contributed by atoms with Crippen LogP contribution in [0.1, 0.15) is 15.9 Å². The zero-order chi connectivity index (χ0) is 27.0. The number of amides is 1. The van der Waals surface area contributed by atoms with Crippen LogP contribution in [-0.2, 0) is 23.9 Å². The third-order valence-corrected chi connectivity index (χ3v) is 7.74. The summed E-state index contributed by atoms with van der Waals surface area (Å²) in [7, 11) is -1.32. The van der Waals surface area contributed by atoms with Gasteiger partial charge < -0.3 is 29.4 Å². The predicted octanol–water partition coefficient (Wildman–Crippen LogP) is 0.834. The van der Waals surface area contributed by atoms with Gasteiger partial charge in [-0.05, 0) is 24.6 Å². The first-order valence-electron chi connectivity index (χ1n) is 11.8. The molecular weight excluding hydrogens is 521 g/mol. The minimum absolute atomic E-state index is 0.120. The summed E-state index contributed by atoms with van der Waals surface area (Å²) >= 11 is 0. The molecule has 2 aliphatic rings. The summed E-state index contributed by atoms with van der Waals surface area (Å²) in [5, 5.41) is 18.7. The topological polar surface area (TPSA) is 146 Å². The molecule has 0 aliphatic carbocycles. The number of fused-ring (bicyclic) bond motifs is 2. The number of benzene rings is 1. The van der Waals surface area contributed by atoms with Gasteiger partial charge in [-0.1, -0.05) is 0 Å². The van der Waals surface area contributed by atoms with Crippen molar-refractivity contribution >= 4 is 38.0 Å². The van der Waals surface area contributed by atoms with Gasteiger partial charge in [0.25, 0.3) is 5.91 Å². The van der Waals surface area contributed by atoms with Crippen LogP contribution in [0.5, 0.6) is 5.75 Å². The Balaban J connectivity index is 1.43. The average Bonchev–Trinajstić information content (AvgIpc) is 3.55. The first-order chi connectivity index (χ1) is 18.2. The molecule has 0 saturated carbocycles. The first-order valence-corrected chi connectivity index (χ1v) is 13.8. The molecule has 0 radical (unpaired) electrons. The summed E-state index contributed by atoms with van der Waals surface area (Å²) < 4.78 is 53.1. The quantitative estimate of drug-likeness (QED) is 0.346. The number of nitrogens with zero attached hydrogens (tertiary/aromatic N) is 3. The molecule has 3 N–H and O–H groups in total. The fraction of sp³-hybridized carbons (Fsp3) is 0.417. The van der Waals surface area contributed by atoms with E-state index in [0.717, 1.165) is 0 Å². The highest BCUT2D eigenvalue weighted by Gasteiger charge is 2.48. The van der Waals surface area contributed by atoms with Crippen molar-refractivity contribution in [2.24, 2.45) is 0 Å². The molecule has 0 spiro atoms. The zero-order valence-corrected chi connectivity index (χ0v) is 21.7. The molecule has 2 aliphatic heterocycles. The molecule has 2 aromatic heterocycles. The molecule has 3 aromatic rings. The normalized spacial score (nSPS) is 24.1. The van der Waals surface area contributed by atoms with Crippen molar-refractivity contribution in [3.63, 3.8) is 0 Å². The van der Waals surface area contributed by atoms with Gasteiger partial charge in [0.05, 0.1) is 40.8 Å². The number of aromatic nitrogens is 3. The maximum atomic E-state index is 14.2. The molecule has 5 atom stereocenters. The number of hydrogen-bond acceptors (Lipinski definition) is 10. The number of carbonyl (C=O) groups excluding carboxylic acids is 1. The summed E-state index contributed by atoms with van der Waals surface area (Å²) in [4.78, 5) is 17.3. The largest absolute Gasteiger partial charge is 0.483 e. The van der Waals surface area contributed by atoms with Crippen LogP contribution in [0.15, 0.2) is 30.7 Å². The fourth-order valence-electron chi connectivity index (χ4n) is 4.49. The molecule has 1 aromatic carbocycles. The second-order valence-corrected chi connectivity index (χ2v) is 11.5. The number of halogens is 1. The zero-order valence-electron chi connectivity index (χ0n) is 20.9. The van der Waals surface area contributed by atoms with Crippen LogP contribution < -0.4 is 14.8 Å². The van der Waals surface area contributed by atoms with E-state index in [0.29, 0.717) is 22.6 Å². The molecule has 5 unspecified atom stereocenters. The number of methoxy groups -OCH3 is 1. The molecule has 2 saturated heterocycles. The fourth-order valence-corrected chi connectivity index (χ4v) is 5.45. The van der Waals surface area contributed by atoms with Gasteiger partial charge in [-0.3, -0.25) is 9.52 Å². The highest BCUT2D eigenvalue weighted by atomic mass is 32.2. The molecule has 12 nitrogen and oxygen atoms in total. The number of aliphatic hydroxyl groups is 1. The number of rotatable bonds is 8. The SMILES string of the molecule is COCC=S(C)(=O)NC(=O)c1cn2ncnc(Nc3ccc(F)cc3OC3COC4C(O)COC34)c2c1C. The number of anilines is 2. The second kappa shape index (κ2) is 10.5. The van der Waals surface area contributed by atoms with E-state index >= 15 is 0 Å². The Morgan fingerprint density at radius 3 is 2.92 bits per heavy atom. The standard InChI is InChI=1S/C24H28FN5O7S/c1-13-15(24(32)29-38(3,33)7-6-34-2)9-30-20(13)23(26-12-27-30)28-16-5-4-14(25)8-18(16)37-19-11-36-21-17(31)10-35-22(19)21/h4-5,7-9,12,17,19,21-22,31H,6,10-11H2,1-3H3,(H,26,27,28)(H,29,32,33). The summed E-state index contributed by atoms with van der Waals surface area (Å²) in [5.41, 5.74) is 1.70. The molecule has 38 heavy (non-hydrogen) atoms. The summed E-state index contributed by atoms with van der Waals surface area (Å²) in [6, 6.07) is 4.01. The molecule has 4 heterocycles. The highest BCUT2D eigenvalue weighted by Crippen LogP contribution is 2.35.